The average molecular weight is 392 g/mol. The van der Waals surface area contributed by atoms with E-state index < -0.39 is 11.5 Å². The normalized spacial score (nSPS) is 15.8. The van der Waals surface area contributed by atoms with Crippen LogP contribution in [0.1, 0.15) is 37.0 Å². The van der Waals surface area contributed by atoms with E-state index in [1.165, 1.54) is 12.8 Å². The molecule has 2 heterocycles. The predicted molar refractivity (Wildman–Crippen MR) is 109 cm³/mol. The second kappa shape index (κ2) is 8.76. The summed E-state index contributed by atoms with van der Waals surface area (Å²) in [6.45, 7) is 7.88. The van der Waals surface area contributed by atoms with Gasteiger partial charge in [0.15, 0.2) is 0 Å². The second-order valence-electron chi connectivity index (χ2n) is 7.07. The standard InChI is InChI=1S/C20H26ClN3O3/c1-3-27-20(26)17-18(22-8-11-24-9-6-13(2)7-10-24)15-5-4-14(21)12-16(15)23-19(17)25/h4-5,12-13H,3,6-11H2,1-2H3,(H2,22,23,25). The Balaban J connectivity index is 1.87. The van der Waals surface area contributed by atoms with E-state index in [1.54, 1.807) is 25.1 Å². The van der Waals surface area contributed by atoms with Crippen LogP contribution in [0, 0.1) is 5.92 Å². The van der Waals surface area contributed by atoms with Crippen LogP contribution in [0.25, 0.3) is 10.9 Å². The summed E-state index contributed by atoms with van der Waals surface area (Å²) >= 11 is 6.05. The van der Waals surface area contributed by atoms with Crippen molar-refractivity contribution in [1.82, 2.24) is 9.88 Å². The first-order valence-corrected chi connectivity index (χ1v) is 9.86. The molecule has 0 saturated carbocycles. The number of hydrogen-bond donors (Lipinski definition) is 2. The van der Waals surface area contributed by atoms with Gasteiger partial charge < -0.3 is 19.9 Å². The lowest BCUT2D eigenvalue weighted by Crippen LogP contribution is -2.36. The summed E-state index contributed by atoms with van der Waals surface area (Å²) in [5.74, 6) is 0.163. The first-order chi connectivity index (χ1) is 13.0. The Morgan fingerprint density at radius 1 is 1.37 bits per heavy atom. The molecule has 0 spiro atoms. The first-order valence-electron chi connectivity index (χ1n) is 9.48. The highest BCUT2D eigenvalue weighted by molar-refractivity contribution is 6.31. The number of hydrogen-bond acceptors (Lipinski definition) is 5. The van der Waals surface area contributed by atoms with E-state index in [2.05, 4.69) is 22.1 Å². The number of halogens is 1. The summed E-state index contributed by atoms with van der Waals surface area (Å²) in [4.78, 5) is 30.1. The van der Waals surface area contributed by atoms with Crippen molar-refractivity contribution >= 4 is 34.2 Å². The number of likely N-dealkylation sites (tertiary alicyclic amines) is 1. The van der Waals surface area contributed by atoms with Crippen LogP contribution in [-0.2, 0) is 4.74 Å². The van der Waals surface area contributed by atoms with Crippen molar-refractivity contribution < 1.29 is 9.53 Å². The quantitative estimate of drug-likeness (QED) is 0.737. The fourth-order valence-corrected chi connectivity index (χ4v) is 3.65. The Labute approximate surface area is 163 Å². The molecule has 2 aromatic rings. The Hall–Kier alpha value is -2.05. The number of aromatic amines is 1. The Bertz CT molecular complexity index is 873. The van der Waals surface area contributed by atoms with Gasteiger partial charge in [-0.15, -0.1) is 0 Å². The van der Waals surface area contributed by atoms with E-state index >= 15 is 0 Å². The maximum atomic E-state index is 12.5. The number of nitrogens with one attached hydrogen (secondary N) is 2. The lowest BCUT2D eigenvalue weighted by atomic mass is 9.99. The number of anilines is 1. The lowest BCUT2D eigenvalue weighted by Gasteiger charge is -2.30. The molecular formula is C20H26ClN3O3. The molecule has 1 aromatic heterocycles. The highest BCUT2D eigenvalue weighted by Crippen LogP contribution is 2.27. The molecule has 0 radical (unpaired) electrons. The molecule has 0 aliphatic carbocycles. The minimum Gasteiger partial charge on any atom is -0.462 e. The highest BCUT2D eigenvalue weighted by atomic mass is 35.5. The summed E-state index contributed by atoms with van der Waals surface area (Å²) in [6.07, 6.45) is 2.42. The third-order valence-corrected chi connectivity index (χ3v) is 5.30. The van der Waals surface area contributed by atoms with Gasteiger partial charge in [-0.25, -0.2) is 4.79 Å². The number of nitrogens with zero attached hydrogens (tertiary/aromatic N) is 1. The highest BCUT2D eigenvalue weighted by Gasteiger charge is 2.21. The number of ether oxygens (including phenoxy) is 1. The molecular weight excluding hydrogens is 366 g/mol. The van der Waals surface area contributed by atoms with E-state index in [0.29, 0.717) is 22.8 Å². The van der Waals surface area contributed by atoms with Gasteiger partial charge in [-0.1, -0.05) is 18.5 Å². The van der Waals surface area contributed by atoms with Gasteiger partial charge in [0.1, 0.15) is 5.56 Å². The monoisotopic (exact) mass is 391 g/mol. The van der Waals surface area contributed by atoms with E-state index in [0.717, 1.165) is 30.9 Å². The number of rotatable bonds is 6. The summed E-state index contributed by atoms with van der Waals surface area (Å²) in [6, 6.07) is 5.24. The van der Waals surface area contributed by atoms with Crippen molar-refractivity contribution in [2.45, 2.75) is 26.7 Å². The van der Waals surface area contributed by atoms with Crippen molar-refractivity contribution in [3.63, 3.8) is 0 Å². The van der Waals surface area contributed by atoms with Gasteiger partial charge >= 0.3 is 5.97 Å². The second-order valence-corrected chi connectivity index (χ2v) is 7.50. The number of benzene rings is 1. The molecule has 1 fully saturated rings. The molecule has 1 aliphatic rings. The van der Waals surface area contributed by atoms with E-state index in [-0.39, 0.29) is 12.2 Å². The Morgan fingerprint density at radius 2 is 2.11 bits per heavy atom. The van der Waals surface area contributed by atoms with E-state index in [1.807, 2.05) is 0 Å². The number of piperidine rings is 1. The molecule has 6 nitrogen and oxygen atoms in total. The van der Waals surface area contributed by atoms with Crippen LogP contribution in [0.3, 0.4) is 0 Å². The molecule has 0 bridgehead atoms. The summed E-state index contributed by atoms with van der Waals surface area (Å²) in [7, 11) is 0. The predicted octanol–water partition coefficient (Wildman–Crippen LogP) is 3.50. The van der Waals surface area contributed by atoms with Crippen LogP contribution in [-0.4, -0.2) is 48.6 Å². The van der Waals surface area contributed by atoms with Crippen LogP contribution in [0.5, 0.6) is 0 Å². The van der Waals surface area contributed by atoms with Crippen molar-refractivity contribution in [2.24, 2.45) is 5.92 Å². The Morgan fingerprint density at radius 3 is 2.81 bits per heavy atom. The number of carbonyl (C=O) groups excluding carboxylic acids is 1. The van der Waals surface area contributed by atoms with Gasteiger partial charge in [0.25, 0.3) is 5.56 Å². The number of aromatic nitrogens is 1. The van der Waals surface area contributed by atoms with Gasteiger partial charge in [-0.05, 0) is 57.0 Å². The molecule has 27 heavy (non-hydrogen) atoms. The largest absolute Gasteiger partial charge is 0.462 e. The first kappa shape index (κ1) is 19.7. The molecule has 3 rings (SSSR count). The minimum absolute atomic E-state index is 0.0129. The van der Waals surface area contributed by atoms with Crippen molar-refractivity contribution in [3.8, 4) is 0 Å². The number of esters is 1. The molecule has 7 heteroatoms. The Kier molecular flexibility index (Phi) is 6.39. The maximum Gasteiger partial charge on any atom is 0.345 e. The van der Waals surface area contributed by atoms with Gasteiger partial charge in [-0.3, -0.25) is 4.79 Å². The maximum absolute atomic E-state index is 12.5. The molecule has 0 unspecified atom stereocenters. The van der Waals surface area contributed by atoms with Crippen molar-refractivity contribution in [1.29, 1.82) is 0 Å². The van der Waals surface area contributed by atoms with Gasteiger partial charge in [-0.2, -0.15) is 0 Å². The van der Waals surface area contributed by atoms with Crippen LogP contribution in [0.2, 0.25) is 5.02 Å². The number of carbonyl (C=O) groups is 1. The topological polar surface area (TPSA) is 74.4 Å². The van der Waals surface area contributed by atoms with E-state index in [9.17, 15) is 9.59 Å². The van der Waals surface area contributed by atoms with Crippen molar-refractivity contribution in [3.05, 3.63) is 39.1 Å². The molecule has 0 atom stereocenters. The summed E-state index contributed by atoms with van der Waals surface area (Å²) in [5, 5.41) is 4.58. The summed E-state index contributed by atoms with van der Waals surface area (Å²) in [5.41, 5.74) is 0.639. The van der Waals surface area contributed by atoms with Crippen molar-refractivity contribution in [2.75, 3.05) is 38.1 Å². The fourth-order valence-electron chi connectivity index (χ4n) is 3.48. The average Bonchev–Trinajstić information content (AvgIpc) is 2.63. The zero-order valence-corrected chi connectivity index (χ0v) is 16.6. The number of H-pyrrole nitrogens is 1. The summed E-state index contributed by atoms with van der Waals surface area (Å²) < 4.78 is 5.09. The van der Waals surface area contributed by atoms with Crippen LogP contribution < -0.4 is 10.9 Å². The SMILES string of the molecule is CCOC(=O)c1c(NCCN2CCC(C)CC2)c2ccc(Cl)cc2[nH]c1=O. The van der Waals surface area contributed by atoms with Gasteiger partial charge in [0.2, 0.25) is 0 Å². The smallest absolute Gasteiger partial charge is 0.345 e. The molecule has 1 aromatic carbocycles. The van der Waals surface area contributed by atoms with Gasteiger partial charge in [0.05, 0.1) is 17.8 Å². The fraction of sp³-hybridized carbons (Fsp3) is 0.500. The van der Waals surface area contributed by atoms with E-state index in [4.69, 9.17) is 16.3 Å². The number of fused-ring (bicyclic) bond motifs is 1. The molecule has 146 valence electrons. The lowest BCUT2D eigenvalue weighted by molar-refractivity contribution is 0.0525. The van der Waals surface area contributed by atoms with Crippen LogP contribution >= 0.6 is 11.6 Å². The van der Waals surface area contributed by atoms with Crippen LogP contribution in [0.15, 0.2) is 23.0 Å². The molecule has 1 aliphatic heterocycles. The molecule has 1 saturated heterocycles. The zero-order chi connectivity index (χ0) is 19.4. The third-order valence-electron chi connectivity index (χ3n) is 5.06. The number of pyridine rings is 1. The van der Waals surface area contributed by atoms with Crippen LogP contribution in [0.4, 0.5) is 5.69 Å². The van der Waals surface area contributed by atoms with Gasteiger partial charge in [0, 0.05) is 23.5 Å². The zero-order valence-electron chi connectivity index (χ0n) is 15.8. The third kappa shape index (κ3) is 4.62. The molecule has 2 N–H and O–H groups in total. The minimum atomic E-state index is -0.620. The molecule has 0 amide bonds.